The number of fused-ring (bicyclic) bond motifs is 1. The van der Waals surface area contributed by atoms with Crippen molar-refractivity contribution < 1.29 is 14.3 Å². The van der Waals surface area contributed by atoms with Crippen molar-refractivity contribution >= 4 is 22.6 Å². The molecule has 0 aliphatic carbocycles. The van der Waals surface area contributed by atoms with Crippen LogP contribution in [0.3, 0.4) is 0 Å². The van der Waals surface area contributed by atoms with Crippen LogP contribution in [0.4, 0.5) is 5.69 Å². The molecule has 0 radical (unpaired) electrons. The smallest absolute Gasteiger partial charge is 0.246 e. The van der Waals surface area contributed by atoms with E-state index in [0.29, 0.717) is 30.4 Å². The Labute approximate surface area is 145 Å². The molecule has 1 heterocycles. The zero-order valence-corrected chi connectivity index (χ0v) is 14.2. The van der Waals surface area contributed by atoms with Gasteiger partial charge in [-0.25, -0.2) is 4.68 Å². The number of anilines is 1. The zero-order chi connectivity index (χ0) is 17.6. The summed E-state index contributed by atoms with van der Waals surface area (Å²) >= 11 is 0. The molecule has 0 spiro atoms. The summed E-state index contributed by atoms with van der Waals surface area (Å²) in [4.78, 5) is 12.5. The van der Waals surface area contributed by atoms with Gasteiger partial charge in [-0.15, -0.1) is 5.10 Å². The number of benzene rings is 2. The molecule has 1 amide bonds. The fourth-order valence-electron chi connectivity index (χ4n) is 2.50. The second-order valence-corrected chi connectivity index (χ2v) is 5.31. The molecule has 0 fully saturated rings. The first-order valence-corrected chi connectivity index (χ1v) is 8.19. The highest BCUT2D eigenvalue weighted by Crippen LogP contribution is 2.29. The highest BCUT2D eigenvalue weighted by molar-refractivity contribution is 5.93. The topological polar surface area (TPSA) is 78.3 Å². The number of carbonyl (C=O) groups is 1. The number of nitrogens with one attached hydrogen (secondary N) is 1. The SMILES string of the molecule is CCOc1ccc(OCC)c(NC(=O)Cn2nnc3ccccc32)c1. The Bertz CT molecular complexity index is 876. The molecular weight excluding hydrogens is 320 g/mol. The maximum atomic E-state index is 12.5. The van der Waals surface area contributed by atoms with E-state index in [4.69, 9.17) is 9.47 Å². The molecule has 0 unspecified atom stereocenters. The van der Waals surface area contributed by atoms with Crippen LogP contribution in [0.15, 0.2) is 42.5 Å². The van der Waals surface area contributed by atoms with Crippen molar-refractivity contribution in [2.75, 3.05) is 18.5 Å². The van der Waals surface area contributed by atoms with E-state index >= 15 is 0 Å². The molecular formula is C18H20N4O3. The minimum Gasteiger partial charge on any atom is -0.494 e. The minimum absolute atomic E-state index is 0.0605. The lowest BCUT2D eigenvalue weighted by molar-refractivity contribution is -0.116. The lowest BCUT2D eigenvalue weighted by atomic mass is 10.2. The summed E-state index contributed by atoms with van der Waals surface area (Å²) in [6, 6.07) is 12.9. The van der Waals surface area contributed by atoms with Crippen LogP contribution in [0.2, 0.25) is 0 Å². The van der Waals surface area contributed by atoms with Crippen LogP contribution in [0, 0.1) is 0 Å². The highest BCUT2D eigenvalue weighted by atomic mass is 16.5. The molecule has 0 saturated heterocycles. The van der Waals surface area contributed by atoms with E-state index in [9.17, 15) is 4.79 Å². The summed E-state index contributed by atoms with van der Waals surface area (Å²) in [5.74, 6) is 1.06. The molecule has 0 atom stereocenters. The average molecular weight is 340 g/mol. The fraction of sp³-hybridized carbons (Fsp3) is 0.278. The van der Waals surface area contributed by atoms with Crippen molar-refractivity contribution in [3.8, 4) is 11.5 Å². The molecule has 7 nitrogen and oxygen atoms in total. The van der Waals surface area contributed by atoms with Crippen molar-refractivity contribution in [2.45, 2.75) is 20.4 Å². The van der Waals surface area contributed by atoms with Crippen LogP contribution < -0.4 is 14.8 Å². The van der Waals surface area contributed by atoms with Crippen LogP contribution in [0.5, 0.6) is 11.5 Å². The normalized spacial score (nSPS) is 10.6. The van der Waals surface area contributed by atoms with Gasteiger partial charge in [-0.2, -0.15) is 0 Å². The summed E-state index contributed by atoms with van der Waals surface area (Å²) in [6.45, 7) is 4.91. The zero-order valence-electron chi connectivity index (χ0n) is 14.2. The van der Waals surface area contributed by atoms with Gasteiger partial charge in [0.1, 0.15) is 23.6 Å². The third kappa shape index (κ3) is 3.88. The van der Waals surface area contributed by atoms with E-state index in [1.165, 1.54) is 0 Å². The van der Waals surface area contributed by atoms with Crippen LogP contribution in [0.25, 0.3) is 11.0 Å². The van der Waals surface area contributed by atoms with E-state index in [0.717, 1.165) is 11.0 Å². The predicted octanol–water partition coefficient (Wildman–Crippen LogP) is 2.87. The molecule has 3 rings (SSSR count). The summed E-state index contributed by atoms with van der Waals surface area (Å²) in [6.07, 6.45) is 0. The van der Waals surface area contributed by atoms with Gasteiger partial charge in [0, 0.05) is 6.07 Å². The average Bonchev–Trinajstić information content (AvgIpc) is 3.01. The first kappa shape index (κ1) is 16.8. The number of ether oxygens (including phenoxy) is 2. The third-order valence-electron chi connectivity index (χ3n) is 3.55. The van der Waals surface area contributed by atoms with Crippen LogP contribution in [-0.2, 0) is 11.3 Å². The van der Waals surface area contributed by atoms with Gasteiger partial charge < -0.3 is 14.8 Å². The molecule has 0 aliphatic rings. The Morgan fingerprint density at radius 3 is 2.72 bits per heavy atom. The maximum absolute atomic E-state index is 12.5. The van der Waals surface area contributed by atoms with Crippen LogP contribution in [0.1, 0.15) is 13.8 Å². The van der Waals surface area contributed by atoms with Crippen molar-refractivity contribution in [2.24, 2.45) is 0 Å². The monoisotopic (exact) mass is 340 g/mol. The number of rotatable bonds is 7. The van der Waals surface area contributed by atoms with Crippen LogP contribution in [-0.4, -0.2) is 34.1 Å². The van der Waals surface area contributed by atoms with Crippen molar-refractivity contribution in [1.29, 1.82) is 0 Å². The molecule has 2 aromatic carbocycles. The molecule has 1 N–H and O–H groups in total. The summed E-state index contributed by atoms with van der Waals surface area (Å²) in [5.41, 5.74) is 2.14. The van der Waals surface area contributed by atoms with E-state index in [1.54, 1.807) is 16.8 Å². The third-order valence-corrected chi connectivity index (χ3v) is 3.55. The van der Waals surface area contributed by atoms with Crippen LogP contribution >= 0.6 is 0 Å². The van der Waals surface area contributed by atoms with Gasteiger partial charge in [0.05, 0.1) is 24.4 Å². The van der Waals surface area contributed by atoms with Gasteiger partial charge in [-0.1, -0.05) is 17.3 Å². The number of para-hydroxylation sites is 1. The second-order valence-electron chi connectivity index (χ2n) is 5.31. The van der Waals surface area contributed by atoms with E-state index in [1.807, 2.05) is 44.2 Å². The lowest BCUT2D eigenvalue weighted by Gasteiger charge is -2.13. The first-order valence-electron chi connectivity index (χ1n) is 8.19. The molecule has 25 heavy (non-hydrogen) atoms. The molecule has 0 saturated carbocycles. The first-order chi connectivity index (χ1) is 12.2. The Hall–Kier alpha value is -3.09. The summed E-state index contributed by atoms with van der Waals surface area (Å²) in [5, 5.41) is 10.9. The van der Waals surface area contributed by atoms with Gasteiger partial charge in [-0.3, -0.25) is 4.79 Å². The minimum atomic E-state index is -0.217. The quantitative estimate of drug-likeness (QED) is 0.715. The number of amides is 1. The number of hydrogen-bond donors (Lipinski definition) is 1. The molecule has 3 aromatic rings. The highest BCUT2D eigenvalue weighted by Gasteiger charge is 2.12. The Morgan fingerprint density at radius 1 is 1.12 bits per heavy atom. The van der Waals surface area contributed by atoms with E-state index < -0.39 is 0 Å². The maximum Gasteiger partial charge on any atom is 0.246 e. The number of carbonyl (C=O) groups excluding carboxylic acids is 1. The number of aromatic nitrogens is 3. The molecule has 0 bridgehead atoms. The van der Waals surface area contributed by atoms with Crippen molar-refractivity contribution in [3.05, 3.63) is 42.5 Å². The van der Waals surface area contributed by atoms with E-state index in [2.05, 4.69) is 15.6 Å². The second kappa shape index (κ2) is 7.65. The van der Waals surface area contributed by atoms with Crippen molar-refractivity contribution in [1.82, 2.24) is 15.0 Å². The van der Waals surface area contributed by atoms with Gasteiger partial charge >= 0.3 is 0 Å². The predicted molar refractivity (Wildman–Crippen MR) is 94.9 cm³/mol. The Balaban J connectivity index is 1.78. The largest absolute Gasteiger partial charge is 0.494 e. The molecule has 0 aliphatic heterocycles. The van der Waals surface area contributed by atoms with Gasteiger partial charge in [0.25, 0.3) is 0 Å². The van der Waals surface area contributed by atoms with Crippen molar-refractivity contribution in [3.63, 3.8) is 0 Å². The fourth-order valence-corrected chi connectivity index (χ4v) is 2.50. The molecule has 130 valence electrons. The summed E-state index contributed by atoms with van der Waals surface area (Å²) < 4.78 is 12.6. The Morgan fingerprint density at radius 2 is 1.92 bits per heavy atom. The standard InChI is InChI=1S/C18H20N4O3/c1-3-24-13-9-10-17(25-4-2)15(11-13)19-18(23)12-22-16-8-6-5-7-14(16)20-21-22/h5-11H,3-4,12H2,1-2H3,(H,19,23). The van der Waals surface area contributed by atoms with Gasteiger partial charge in [0.2, 0.25) is 5.91 Å². The number of nitrogens with zero attached hydrogens (tertiary/aromatic N) is 3. The van der Waals surface area contributed by atoms with E-state index in [-0.39, 0.29) is 12.5 Å². The molecule has 7 heteroatoms. The molecule has 1 aromatic heterocycles. The summed E-state index contributed by atoms with van der Waals surface area (Å²) in [7, 11) is 0. The van der Waals surface area contributed by atoms with Gasteiger partial charge in [-0.05, 0) is 38.1 Å². The Kier molecular flexibility index (Phi) is 5.13. The lowest BCUT2D eigenvalue weighted by Crippen LogP contribution is -2.20. The number of hydrogen-bond acceptors (Lipinski definition) is 5. The van der Waals surface area contributed by atoms with Gasteiger partial charge in [0.15, 0.2) is 0 Å².